The molecular formula is C17H22N2OS. The number of carbonyl (C=O) groups excluding carboxylic acids is 1. The Labute approximate surface area is 130 Å². The Balaban J connectivity index is 2.01. The van der Waals surface area contributed by atoms with Crippen LogP contribution in [0.1, 0.15) is 28.3 Å². The molecule has 0 radical (unpaired) electrons. The van der Waals surface area contributed by atoms with Gasteiger partial charge in [-0.3, -0.25) is 4.79 Å². The number of benzene rings is 1. The van der Waals surface area contributed by atoms with Crippen molar-refractivity contribution in [1.29, 1.82) is 0 Å². The minimum absolute atomic E-state index is 0.0163. The van der Waals surface area contributed by atoms with Crippen molar-refractivity contribution in [1.82, 2.24) is 4.90 Å². The Morgan fingerprint density at radius 2 is 1.90 bits per heavy atom. The lowest BCUT2D eigenvalue weighted by atomic mass is 10.1. The molecule has 2 unspecified atom stereocenters. The molecule has 3 nitrogen and oxygen atoms in total. The number of amides is 1. The van der Waals surface area contributed by atoms with Crippen molar-refractivity contribution in [2.24, 2.45) is 5.73 Å². The molecule has 21 heavy (non-hydrogen) atoms. The van der Waals surface area contributed by atoms with Crippen molar-refractivity contribution < 1.29 is 4.79 Å². The second kappa shape index (κ2) is 6.87. The maximum Gasteiger partial charge on any atom is 0.240 e. The molecule has 4 heteroatoms. The number of carbonyl (C=O) groups is 1. The van der Waals surface area contributed by atoms with Crippen LogP contribution >= 0.6 is 11.3 Å². The standard InChI is InChI=1S/C17H22N2OS/c1-12-9-10-16(21-12)13(2)19(3)17(20)15(18)11-14-7-5-4-6-8-14/h4-10,13,15H,11,18H2,1-3H3. The van der Waals surface area contributed by atoms with Gasteiger partial charge in [0.1, 0.15) is 0 Å². The van der Waals surface area contributed by atoms with Crippen LogP contribution in [0.3, 0.4) is 0 Å². The molecule has 0 fully saturated rings. The van der Waals surface area contributed by atoms with Gasteiger partial charge in [0.05, 0.1) is 12.1 Å². The van der Waals surface area contributed by atoms with E-state index in [-0.39, 0.29) is 11.9 Å². The molecule has 1 aromatic carbocycles. The van der Waals surface area contributed by atoms with Crippen LogP contribution < -0.4 is 5.73 Å². The number of nitrogens with two attached hydrogens (primary N) is 1. The molecule has 0 saturated carbocycles. The zero-order valence-electron chi connectivity index (χ0n) is 12.7. The van der Waals surface area contributed by atoms with Crippen LogP contribution in [0.15, 0.2) is 42.5 Å². The minimum Gasteiger partial charge on any atom is -0.337 e. The molecule has 1 amide bonds. The van der Waals surface area contributed by atoms with E-state index in [0.29, 0.717) is 6.42 Å². The lowest BCUT2D eigenvalue weighted by molar-refractivity contribution is -0.133. The van der Waals surface area contributed by atoms with Crippen molar-refractivity contribution >= 4 is 17.2 Å². The molecule has 2 atom stereocenters. The Kier molecular flexibility index (Phi) is 5.15. The third kappa shape index (κ3) is 3.93. The lowest BCUT2D eigenvalue weighted by Gasteiger charge is -2.27. The summed E-state index contributed by atoms with van der Waals surface area (Å²) in [5.74, 6) is -0.0163. The molecule has 0 saturated heterocycles. The van der Waals surface area contributed by atoms with E-state index in [1.807, 2.05) is 44.3 Å². The summed E-state index contributed by atoms with van der Waals surface area (Å²) in [7, 11) is 1.83. The number of nitrogens with zero attached hydrogens (tertiary/aromatic N) is 1. The molecule has 0 aliphatic rings. The topological polar surface area (TPSA) is 46.3 Å². The predicted octanol–water partition coefficient (Wildman–Crippen LogP) is 3.15. The van der Waals surface area contributed by atoms with Crippen LogP contribution in [0.4, 0.5) is 0 Å². The van der Waals surface area contributed by atoms with Crippen LogP contribution in [0.25, 0.3) is 0 Å². The molecule has 2 aromatic rings. The van der Waals surface area contributed by atoms with E-state index in [4.69, 9.17) is 5.73 Å². The highest BCUT2D eigenvalue weighted by atomic mass is 32.1. The molecule has 2 N–H and O–H groups in total. The number of thiophene rings is 1. The summed E-state index contributed by atoms with van der Waals surface area (Å²) >= 11 is 1.72. The zero-order chi connectivity index (χ0) is 15.4. The first-order valence-corrected chi connectivity index (χ1v) is 7.93. The van der Waals surface area contributed by atoms with Crippen LogP contribution in [0.2, 0.25) is 0 Å². The number of rotatable bonds is 5. The quantitative estimate of drug-likeness (QED) is 0.922. The molecule has 1 aromatic heterocycles. The number of likely N-dealkylation sites (N-methyl/N-ethyl adjacent to an activating group) is 1. The first-order valence-electron chi connectivity index (χ1n) is 7.11. The minimum atomic E-state index is -0.499. The fourth-order valence-corrected chi connectivity index (χ4v) is 3.25. The Bertz CT molecular complexity index is 594. The summed E-state index contributed by atoms with van der Waals surface area (Å²) < 4.78 is 0. The summed E-state index contributed by atoms with van der Waals surface area (Å²) in [6.07, 6.45) is 0.570. The Hall–Kier alpha value is -1.65. The summed E-state index contributed by atoms with van der Waals surface area (Å²) in [4.78, 5) is 16.7. The van der Waals surface area contributed by atoms with Crippen LogP contribution in [-0.2, 0) is 11.2 Å². The van der Waals surface area contributed by atoms with Gasteiger partial charge in [-0.15, -0.1) is 11.3 Å². The van der Waals surface area contributed by atoms with E-state index >= 15 is 0 Å². The van der Waals surface area contributed by atoms with Crippen LogP contribution in [0, 0.1) is 6.92 Å². The maximum atomic E-state index is 12.5. The van der Waals surface area contributed by atoms with Gasteiger partial charge in [-0.1, -0.05) is 30.3 Å². The molecule has 112 valence electrons. The molecular weight excluding hydrogens is 280 g/mol. The van der Waals surface area contributed by atoms with Crippen molar-refractivity contribution in [2.75, 3.05) is 7.05 Å². The summed E-state index contributed by atoms with van der Waals surface area (Å²) in [6, 6.07) is 13.6. The third-order valence-corrected chi connectivity index (χ3v) is 4.89. The van der Waals surface area contributed by atoms with E-state index in [2.05, 4.69) is 19.1 Å². The van der Waals surface area contributed by atoms with E-state index in [0.717, 1.165) is 5.56 Å². The molecule has 0 bridgehead atoms. The smallest absolute Gasteiger partial charge is 0.240 e. The van der Waals surface area contributed by atoms with Gasteiger partial charge in [-0.25, -0.2) is 0 Å². The van der Waals surface area contributed by atoms with E-state index in [1.165, 1.54) is 9.75 Å². The predicted molar refractivity (Wildman–Crippen MR) is 88.4 cm³/mol. The summed E-state index contributed by atoms with van der Waals surface area (Å²) in [6.45, 7) is 4.11. The van der Waals surface area contributed by atoms with Crippen molar-refractivity contribution in [3.05, 3.63) is 57.8 Å². The fraction of sp³-hybridized carbons (Fsp3) is 0.353. The Morgan fingerprint density at radius 1 is 1.24 bits per heavy atom. The highest BCUT2D eigenvalue weighted by molar-refractivity contribution is 7.12. The Morgan fingerprint density at radius 3 is 2.48 bits per heavy atom. The zero-order valence-corrected chi connectivity index (χ0v) is 13.6. The normalized spacial score (nSPS) is 13.7. The van der Waals surface area contributed by atoms with Gasteiger partial charge >= 0.3 is 0 Å². The van der Waals surface area contributed by atoms with Gasteiger partial charge in [0.15, 0.2) is 0 Å². The average molecular weight is 302 g/mol. The van der Waals surface area contributed by atoms with Gasteiger partial charge in [-0.2, -0.15) is 0 Å². The lowest BCUT2D eigenvalue weighted by Crippen LogP contribution is -2.43. The van der Waals surface area contributed by atoms with E-state index in [9.17, 15) is 4.79 Å². The van der Waals surface area contributed by atoms with E-state index in [1.54, 1.807) is 16.2 Å². The molecule has 0 spiro atoms. The number of aryl methyl sites for hydroxylation is 1. The number of hydrogen-bond acceptors (Lipinski definition) is 3. The highest BCUT2D eigenvalue weighted by Gasteiger charge is 2.23. The molecule has 1 heterocycles. The number of hydrogen-bond donors (Lipinski definition) is 1. The average Bonchev–Trinajstić information content (AvgIpc) is 2.92. The summed E-state index contributed by atoms with van der Waals surface area (Å²) in [5, 5.41) is 0. The largest absolute Gasteiger partial charge is 0.337 e. The van der Waals surface area contributed by atoms with Gasteiger partial charge < -0.3 is 10.6 Å². The SMILES string of the molecule is Cc1ccc(C(C)N(C)C(=O)C(N)Cc2ccccc2)s1. The van der Waals surface area contributed by atoms with Crippen molar-refractivity contribution in [2.45, 2.75) is 32.4 Å². The second-order valence-electron chi connectivity index (χ2n) is 5.37. The summed E-state index contributed by atoms with van der Waals surface area (Å²) in [5.41, 5.74) is 7.17. The second-order valence-corrected chi connectivity index (χ2v) is 6.69. The van der Waals surface area contributed by atoms with Gasteiger partial charge in [0.25, 0.3) is 0 Å². The molecule has 0 aliphatic heterocycles. The van der Waals surface area contributed by atoms with Crippen LogP contribution in [-0.4, -0.2) is 23.9 Å². The van der Waals surface area contributed by atoms with Gasteiger partial charge in [0, 0.05) is 16.8 Å². The van der Waals surface area contributed by atoms with Gasteiger partial charge in [0.2, 0.25) is 5.91 Å². The highest BCUT2D eigenvalue weighted by Crippen LogP contribution is 2.26. The fourth-order valence-electron chi connectivity index (χ4n) is 2.28. The van der Waals surface area contributed by atoms with Crippen molar-refractivity contribution in [3.63, 3.8) is 0 Å². The van der Waals surface area contributed by atoms with E-state index < -0.39 is 6.04 Å². The first-order chi connectivity index (χ1) is 9.99. The van der Waals surface area contributed by atoms with Crippen LogP contribution in [0.5, 0.6) is 0 Å². The maximum absolute atomic E-state index is 12.5. The van der Waals surface area contributed by atoms with Crippen molar-refractivity contribution in [3.8, 4) is 0 Å². The first kappa shape index (κ1) is 15.7. The molecule has 2 rings (SSSR count). The monoisotopic (exact) mass is 302 g/mol. The third-order valence-electron chi connectivity index (χ3n) is 3.72. The molecule has 0 aliphatic carbocycles. The van der Waals surface area contributed by atoms with Gasteiger partial charge in [-0.05, 0) is 38.0 Å².